The standard InChI is InChI=1S/C12H13NO3/c1-9(14)11(7-13)12(15)16-8-10-5-3-2-4-6-10/h2-6,9,11,14H,8H2,1H3. The van der Waals surface area contributed by atoms with E-state index in [1.807, 2.05) is 30.3 Å². The van der Waals surface area contributed by atoms with E-state index in [-0.39, 0.29) is 6.61 Å². The Labute approximate surface area is 94.1 Å². The van der Waals surface area contributed by atoms with Crippen LogP contribution in [0.3, 0.4) is 0 Å². The van der Waals surface area contributed by atoms with Gasteiger partial charge in [0, 0.05) is 0 Å². The van der Waals surface area contributed by atoms with Gasteiger partial charge in [-0.25, -0.2) is 0 Å². The van der Waals surface area contributed by atoms with Crippen LogP contribution in [-0.2, 0) is 16.1 Å². The number of carbonyl (C=O) groups is 1. The van der Waals surface area contributed by atoms with Crippen LogP contribution in [0.5, 0.6) is 0 Å². The highest BCUT2D eigenvalue weighted by Crippen LogP contribution is 2.07. The molecule has 0 saturated carbocycles. The van der Waals surface area contributed by atoms with Crippen molar-refractivity contribution >= 4 is 5.97 Å². The molecule has 0 saturated heterocycles. The molecule has 84 valence electrons. The first-order valence-corrected chi connectivity index (χ1v) is 4.93. The maximum Gasteiger partial charge on any atom is 0.326 e. The van der Waals surface area contributed by atoms with Gasteiger partial charge < -0.3 is 9.84 Å². The summed E-state index contributed by atoms with van der Waals surface area (Å²) in [7, 11) is 0. The van der Waals surface area contributed by atoms with Gasteiger partial charge in [0.1, 0.15) is 6.61 Å². The summed E-state index contributed by atoms with van der Waals surface area (Å²) in [6, 6.07) is 10.9. The van der Waals surface area contributed by atoms with E-state index >= 15 is 0 Å². The summed E-state index contributed by atoms with van der Waals surface area (Å²) in [5.41, 5.74) is 0.845. The van der Waals surface area contributed by atoms with Crippen LogP contribution in [0, 0.1) is 17.2 Å². The molecule has 4 heteroatoms. The van der Waals surface area contributed by atoms with Crippen molar-refractivity contribution in [3.8, 4) is 6.07 Å². The smallest absolute Gasteiger partial charge is 0.326 e. The lowest BCUT2D eigenvalue weighted by atomic mass is 10.1. The maximum atomic E-state index is 11.4. The van der Waals surface area contributed by atoms with Gasteiger partial charge in [0.2, 0.25) is 0 Å². The summed E-state index contributed by atoms with van der Waals surface area (Å²) < 4.78 is 4.92. The summed E-state index contributed by atoms with van der Waals surface area (Å²) >= 11 is 0. The van der Waals surface area contributed by atoms with Gasteiger partial charge in [0.25, 0.3) is 0 Å². The van der Waals surface area contributed by atoms with Crippen LogP contribution in [0.4, 0.5) is 0 Å². The van der Waals surface area contributed by atoms with Crippen molar-refractivity contribution in [1.82, 2.24) is 0 Å². The largest absolute Gasteiger partial charge is 0.460 e. The fraction of sp³-hybridized carbons (Fsp3) is 0.333. The number of nitriles is 1. The molecule has 0 aliphatic rings. The molecule has 0 aromatic heterocycles. The highest BCUT2D eigenvalue weighted by Gasteiger charge is 2.24. The molecule has 0 bridgehead atoms. The molecule has 0 fully saturated rings. The number of nitrogens with zero attached hydrogens (tertiary/aromatic N) is 1. The molecule has 0 heterocycles. The van der Waals surface area contributed by atoms with Gasteiger partial charge in [-0.3, -0.25) is 4.79 Å². The molecule has 0 aliphatic heterocycles. The number of hydrogen-bond acceptors (Lipinski definition) is 4. The van der Waals surface area contributed by atoms with E-state index in [2.05, 4.69) is 0 Å². The Morgan fingerprint density at radius 3 is 2.62 bits per heavy atom. The molecular weight excluding hydrogens is 206 g/mol. The lowest BCUT2D eigenvalue weighted by Gasteiger charge is -2.11. The first kappa shape index (κ1) is 12.2. The molecule has 4 nitrogen and oxygen atoms in total. The minimum atomic E-state index is -1.12. The van der Waals surface area contributed by atoms with Gasteiger partial charge in [-0.05, 0) is 12.5 Å². The molecule has 1 rings (SSSR count). The van der Waals surface area contributed by atoms with E-state index in [0.29, 0.717) is 0 Å². The number of esters is 1. The third kappa shape index (κ3) is 3.37. The number of benzene rings is 1. The average Bonchev–Trinajstić information content (AvgIpc) is 2.28. The van der Waals surface area contributed by atoms with E-state index in [0.717, 1.165) is 5.56 Å². The molecule has 0 spiro atoms. The zero-order valence-electron chi connectivity index (χ0n) is 8.96. The van der Waals surface area contributed by atoms with Crippen molar-refractivity contribution in [2.75, 3.05) is 0 Å². The number of aliphatic hydroxyl groups excluding tert-OH is 1. The number of aliphatic hydroxyl groups is 1. The molecule has 2 atom stereocenters. The minimum Gasteiger partial charge on any atom is -0.460 e. The second-order valence-corrected chi connectivity index (χ2v) is 3.44. The molecule has 1 aromatic rings. The SMILES string of the molecule is CC(O)C(C#N)C(=O)OCc1ccccc1. The van der Waals surface area contributed by atoms with Crippen molar-refractivity contribution in [2.24, 2.45) is 5.92 Å². The molecule has 16 heavy (non-hydrogen) atoms. The van der Waals surface area contributed by atoms with Crippen LogP contribution in [0.15, 0.2) is 30.3 Å². The van der Waals surface area contributed by atoms with Crippen LogP contribution in [-0.4, -0.2) is 17.2 Å². The predicted octanol–water partition coefficient (Wildman–Crippen LogP) is 1.25. The first-order valence-electron chi connectivity index (χ1n) is 4.93. The van der Waals surface area contributed by atoms with Gasteiger partial charge in [-0.2, -0.15) is 5.26 Å². The summed E-state index contributed by atoms with van der Waals surface area (Å²) in [5, 5.41) is 17.8. The molecule has 0 amide bonds. The molecule has 0 radical (unpaired) electrons. The van der Waals surface area contributed by atoms with Gasteiger partial charge in [-0.15, -0.1) is 0 Å². The Kier molecular flexibility index (Phi) is 4.49. The number of rotatable bonds is 4. The van der Waals surface area contributed by atoms with Crippen LogP contribution in [0.2, 0.25) is 0 Å². The van der Waals surface area contributed by atoms with E-state index in [9.17, 15) is 4.79 Å². The molecular formula is C12H13NO3. The Bertz CT molecular complexity index is 381. The Hall–Kier alpha value is -1.86. The van der Waals surface area contributed by atoms with Crippen molar-refractivity contribution in [2.45, 2.75) is 19.6 Å². The zero-order valence-corrected chi connectivity index (χ0v) is 8.96. The van der Waals surface area contributed by atoms with Crippen molar-refractivity contribution < 1.29 is 14.6 Å². The van der Waals surface area contributed by atoms with E-state index in [4.69, 9.17) is 15.1 Å². The Balaban J connectivity index is 2.50. The monoisotopic (exact) mass is 219 g/mol. The fourth-order valence-electron chi connectivity index (χ4n) is 1.18. The highest BCUT2D eigenvalue weighted by molar-refractivity contribution is 5.75. The quantitative estimate of drug-likeness (QED) is 0.774. The van der Waals surface area contributed by atoms with Crippen LogP contribution >= 0.6 is 0 Å². The molecule has 2 unspecified atom stereocenters. The van der Waals surface area contributed by atoms with Gasteiger partial charge in [0.05, 0.1) is 12.2 Å². The lowest BCUT2D eigenvalue weighted by molar-refractivity contribution is -0.150. The zero-order chi connectivity index (χ0) is 12.0. The number of ether oxygens (including phenoxy) is 1. The summed E-state index contributed by atoms with van der Waals surface area (Å²) in [4.78, 5) is 11.4. The Morgan fingerprint density at radius 1 is 1.50 bits per heavy atom. The summed E-state index contributed by atoms with van der Waals surface area (Å²) in [6.45, 7) is 1.50. The van der Waals surface area contributed by atoms with E-state index in [1.54, 1.807) is 6.07 Å². The highest BCUT2D eigenvalue weighted by atomic mass is 16.5. The van der Waals surface area contributed by atoms with Crippen LogP contribution in [0.1, 0.15) is 12.5 Å². The summed E-state index contributed by atoms with van der Waals surface area (Å²) in [5.74, 6) is -1.81. The third-order valence-corrected chi connectivity index (χ3v) is 2.10. The van der Waals surface area contributed by atoms with Crippen LogP contribution < -0.4 is 0 Å². The van der Waals surface area contributed by atoms with E-state index in [1.165, 1.54) is 6.92 Å². The Morgan fingerprint density at radius 2 is 2.12 bits per heavy atom. The van der Waals surface area contributed by atoms with Crippen LogP contribution in [0.25, 0.3) is 0 Å². The topological polar surface area (TPSA) is 70.3 Å². The molecule has 1 N–H and O–H groups in total. The number of hydrogen-bond donors (Lipinski definition) is 1. The fourth-order valence-corrected chi connectivity index (χ4v) is 1.18. The molecule has 1 aromatic carbocycles. The minimum absolute atomic E-state index is 0.116. The second-order valence-electron chi connectivity index (χ2n) is 3.44. The van der Waals surface area contributed by atoms with Gasteiger partial charge in [0.15, 0.2) is 5.92 Å². The lowest BCUT2D eigenvalue weighted by Crippen LogP contribution is -2.26. The molecule has 0 aliphatic carbocycles. The van der Waals surface area contributed by atoms with Crippen molar-refractivity contribution in [3.05, 3.63) is 35.9 Å². The normalized spacial score (nSPS) is 13.6. The average molecular weight is 219 g/mol. The predicted molar refractivity (Wildman–Crippen MR) is 57.0 cm³/mol. The summed E-state index contributed by atoms with van der Waals surface area (Å²) in [6.07, 6.45) is -1.02. The maximum absolute atomic E-state index is 11.4. The van der Waals surface area contributed by atoms with Crippen molar-refractivity contribution in [1.29, 1.82) is 5.26 Å². The second kappa shape index (κ2) is 5.89. The van der Waals surface area contributed by atoms with E-state index < -0.39 is 18.0 Å². The van der Waals surface area contributed by atoms with Gasteiger partial charge in [-0.1, -0.05) is 30.3 Å². The first-order chi connectivity index (χ1) is 7.65. The number of carbonyl (C=O) groups excluding carboxylic acids is 1. The van der Waals surface area contributed by atoms with Gasteiger partial charge >= 0.3 is 5.97 Å². The third-order valence-electron chi connectivity index (χ3n) is 2.10. The van der Waals surface area contributed by atoms with Crippen molar-refractivity contribution in [3.63, 3.8) is 0 Å².